The standard InChI is InChI=1S/C17H19N5O2S2/c1-3-24-14-8-6-13(7-9-14)18-16(23)12(2)26-17-19-20-21-22(17)11-15-5-4-10-25-15/h4-10,12H,3,11H2,1-2H3,(H,18,23). The van der Waals surface area contributed by atoms with Crippen LogP contribution >= 0.6 is 23.1 Å². The maximum Gasteiger partial charge on any atom is 0.237 e. The minimum absolute atomic E-state index is 0.107. The summed E-state index contributed by atoms with van der Waals surface area (Å²) in [7, 11) is 0. The number of nitrogens with one attached hydrogen (secondary N) is 1. The predicted octanol–water partition coefficient (Wildman–Crippen LogP) is 3.30. The number of thioether (sulfide) groups is 1. The van der Waals surface area contributed by atoms with Crippen LogP contribution in [-0.4, -0.2) is 38.0 Å². The minimum Gasteiger partial charge on any atom is -0.494 e. The lowest BCUT2D eigenvalue weighted by Crippen LogP contribution is -2.23. The Morgan fingerprint density at radius 2 is 2.15 bits per heavy atom. The summed E-state index contributed by atoms with van der Waals surface area (Å²) in [5.74, 6) is 0.672. The first-order chi connectivity index (χ1) is 12.7. The molecule has 0 saturated heterocycles. The molecule has 0 fully saturated rings. The van der Waals surface area contributed by atoms with Gasteiger partial charge in [0.1, 0.15) is 5.75 Å². The Morgan fingerprint density at radius 3 is 2.85 bits per heavy atom. The van der Waals surface area contributed by atoms with Crippen molar-refractivity contribution in [1.82, 2.24) is 20.2 Å². The molecule has 0 saturated carbocycles. The molecule has 1 amide bonds. The van der Waals surface area contributed by atoms with E-state index in [9.17, 15) is 4.79 Å². The second-order valence-electron chi connectivity index (χ2n) is 5.41. The summed E-state index contributed by atoms with van der Waals surface area (Å²) < 4.78 is 7.10. The number of benzene rings is 1. The Kier molecular flexibility index (Phi) is 6.24. The SMILES string of the molecule is CCOc1ccc(NC(=O)C(C)Sc2nnnn2Cc2cccs2)cc1. The van der Waals surface area contributed by atoms with Gasteiger partial charge in [0.2, 0.25) is 11.1 Å². The van der Waals surface area contributed by atoms with E-state index in [4.69, 9.17) is 4.74 Å². The highest BCUT2D eigenvalue weighted by Crippen LogP contribution is 2.23. The first-order valence-electron chi connectivity index (χ1n) is 8.14. The first-order valence-corrected chi connectivity index (χ1v) is 9.90. The number of hydrogen-bond acceptors (Lipinski definition) is 7. The van der Waals surface area contributed by atoms with Crippen LogP contribution in [0.5, 0.6) is 5.75 Å². The third-order valence-electron chi connectivity index (χ3n) is 3.47. The van der Waals surface area contributed by atoms with E-state index in [-0.39, 0.29) is 11.2 Å². The molecule has 7 nitrogen and oxygen atoms in total. The van der Waals surface area contributed by atoms with Crippen molar-refractivity contribution < 1.29 is 9.53 Å². The number of anilines is 1. The molecule has 0 aliphatic heterocycles. The van der Waals surface area contributed by atoms with Gasteiger partial charge in [0.15, 0.2) is 0 Å². The Bertz CT molecular complexity index is 833. The van der Waals surface area contributed by atoms with Crippen molar-refractivity contribution in [1.29, 1.82) is 0 Å². The number of thiophene rings is 1. The predicted molar refractivity (Wildman–Crippen MR) is 103 cm³/mol. The number of rotatable bonds is 8. The molecule has 3 rings (SSSR count). The van der Waals surface area contributed by atoms with E-state index >= 15 is 0 Å². The highest BCUT2D eigenvalue weighted by molar-refractivity contribution is 8.00. The van der Waals surface area contributed by atoms with Crippen molar-refractivity contribution in [3.8, 4) is 5.75 Å². The lowest BCUT2D eigenvalue weighted by molar-refractivity contribution is -0.115. The van der Waals surface area contributed by atoms with E-state index in [0.717, 1.165) is 16.3 Å². The Labute approximate surface area is 159 Å². The molecule has 1 N–H and O–H groups in total. The van der Waals surface area contributed by atoms with Gasteiger partial charge in [0.05, 0.1) is 18.4 Å². The summed E-state index contributed by atoms with van der Waals surface area (Å²) in [5.41, 5.74) is 0.726. The summed E-state index contributed by atoms with van der Waals surface area (Å²) in [5, 5.41) is 17.0. The van der Waals surface area contributed by atoms with Crippen molar-refractivity contribution in [3.05, 3.63) is 46.7 Å². The van der Waals surface area contributed by atoms with Crippen molar-refractivity contribution in [3.63, 3.8) is 0 Å². The second-order valence-corrected chi connectivity index (χ2v) is 7.75. The van der Waals surface area contributed by atoms with Crippen LogP contribution < -0.4 is 10.1 Å². The number of ether oxygens (including phenoxy) is 1. The molecule has 136 valence electrons. The lowest BCUT2D eigenvalue weighted by Gasteiger charge is -2.12. The molecule has 0 spiro atoms. The summed E-state index contributed by atoms with van der Waals surface area (Å²) in [6.45, 7) is 4.97. The van der Waals surface area contributed by atoms with Gasteiger partial charge in [-0.2, -0.15) is 0 Å². The molecule has 0 bridgehead atoms. The zero-order chi connectivity index (χ0) is 18.4. The van der Waals surface area contributed by atoms with Crippen LogP contribution in [0.15, 0.2) is 46.9 Å². The zero-order valence-electron chi connectivity index (χ0n) is 14.5. The molecule has 0 radical (unpaired) electrons. The largest absolute Gasteiger partial charge is 0.494 e. The summed E-state index contributed by atoms with van der Waals surface area (Å²) in [4.78, 5) is 13.6. The van der Waals surface area contributed by atoms with Gasteiger partial charge < -0.3 is 10.1 Å². The Hall–Kier alpha value is -2.39. The van der Waals surface area contributed by atoms with Gasteiger partial charge in [-0.3, -0.25) is 4.79 Å². The highest BCUT2D eigenvalue weighted by Gasteiger charge is 2.19. The van der Waals surface area contributed by atoms with E-state index in [0.29, 0.717) is 18.3 Å². The fourth-order valence-electron chi connectivity index (χ4n) is 2.19. The summed E-state index contributed by atoms with van der Waals surface area (Å²) in [6, 6.07) is 11.3. The zero-order valence-corrected chi connectivity index (χ0v) is 16.1. The lowest BCUT2D eigenvalue weighted by atomic mass is 10.3. The van der Waals surface area contributed by atoms with Crippen LogP contribution in [0.3, 0.4) is 0 Å². The average Bonchev–Trinajstić information content (AvgIpc) is 3.30. The number of aromatic nitrogens is 4. The molecule has 2 aromatic heterocycles. The number of carbonyl (C=O) groups is 1. The van der Waals surface area contributed by atoms with Crippen molar-refractivity contribution in [2.24, 2.45) is 0 Å². The van der Waals surface area contributed by atoms with Gasteiger partial charge in [-0.15, -0.1) is 16.4 Å². The van der Waals surface area contributed by atoms with Crippen molar-refractivity contribution >= 4 is 34.7 Å². The third-order valence-corrected chi connectivity index (χ3v) is 5.40. The Balaban J connectivity index is 1.58. The summed E-state index contributed by atoms with van der Waals surface area (Å²) >= 11 is 2.98. The van der Waals surface area contributed by atoms with Gasteiger partial charge >= 0.3 is 0 Å². The van der Waals surface area contributed by atoms with E-state index in [1.54, 1.807) is 16.0 Å². The van der Waals surface area contributed by atoms with Crippen LogP contribution in [0, 0.1) is 0 Å². The maximum absolute atomic E-state index is 12.4. The summed E-state index contributed by atoms with van der Waals surface area (Å²) in [6.07, 6.45) is 0. The van der Waals surface area contributed by atoms with Gasteiger partial charge in [-0.25, -0.2) is 4.68 Å². The minimum atomic E-state index is -0.338. The van der Waals surface area contributed by atoms with Gasteiger partial charge in [0, 0.05) is 10.6 Å². The topological polar surface area (TPSA) is 81.9 Å². The van der Waals surface area contributed by atoms with E-state index in [1.807, 2.05) is 55.6 Å². The van der Waals surface area contributed by atoms with Gasteiger partial charge in [-0.1, -0.05) is 17.8 Å². The van der Waals surface area contributed by atoms with Crippen molar-refractivity contribution in [2.45, 2.75) is 30.8 Å². The molecule has 1 unspecified atom stereocenters. The molecule has 2 heterocycles. The van der Waals surface area contributed by atoms with E-state index in [1.165, 1.54) is 11.8 Å². The molecular formula is C17H19N5O2S2. The van der Waals surface area contributed by atoms with Crippen LogP contribution in [0.25, 0.3) is 0 Å². The number of nitrogens with zero attached hydrogens (tertiary/aromatic N) is 4. The fraction of sp³-hybridized carbons (Fsp3) is 0.294. The first kappa shape index (κ1) is 18.4. The number of amides is 1. The molecule has 3 aromatic rings. The number of tetrazole rings is 1. The molecule has 0 aliphatic carbocycles. The molecule has 0 aliphatic rings. The van der Waals surface area contributed by atoms with Gasteiger partial charge in [-0.05, 0) is 60.0 Å². The van der Waals surface area contributed by atoms with E-state index in [2.05, 4.69) is 20.8 Å². The Morgan fingerprint density at radius 1 is 1.35 bits per heavy atom. The molecular weight excluding hydrogens is 370 g/mol. The highest BCUT2D eigenvalue weighted by atomic mass is 32.2. The van der Waals surface area contributed by atoms with Crippen molar-refractivity contribution in [2.75, 3.05) is 11.9 Å². The fourth-order valence-corrected chi connectivity index (χ4v) is 3.66. The molecule has 1 aromatic carbocycles. The second kappa shape index (κ2) is 8.81. The molecule has 1 atom stereocenters. The number of hydrogen-bond donors (Lipinski definition) is 1. The monoisotopic (exact) mass is 389 g/mol. The maximum atomic E-state index is 12.4. The van der Waals surface area contributed by atoms with Crippen LogP contribution in [0.1, 0.15) is 18.7 Å². The quantitative estimate of drug-likeness (QED) is 0.595. The van der Waals surface area contributed by atoms with Crippen LogP contribution in [0.4, 0.5) is 5.69 Å². The molecule has 26 heavy (non-hydrogen) atoms. The van der Waals surface area contributed by atoms with Crippen LogP contribution in [-0.2, 0) is 11.3 Å². The number of carbonyl (C=O) groups excluding carboxylic acids is 1. The smallest absolute Gasteiger partial charge is 0.237 e. The van der Waals surface area contributed by atoms with E-state index < -0.39 is 0 Å². The van der Waals surface area contributed by atoms with Gasteiger partial charge in [0.25, 0.3) is 0 Å². The third kappa shape index (κ3) is 4.83. The normalized spacial score (nSPS) is 11.9. The molecule has 9 heteroatoms. The van der Waals surface area contributed by atoms with Crippen LogP contribution in [0.2, 0.25) is 0 Å². The average molecular weight is 390 g/mol.